The number of hydrogen-bond acceptors (Lipinski definition) is 4. The summed E-state index contributed by atoms with van der Waals surface area (Å²) < 4.78 is 5.63. The number of nitrogens with one attached hydrogen (secondary N) is 1. The maximum absolute atomic E-state index is 5.68. The third kappa shape index (κ3) is 5.17. The number of aromatic nitrogens is 2. The van der Waals surface area contributed by atoms with Gasteiger partial charge >= 0.3 is 0 Å². The average Bonchev–Trinajstić information content (AvgIpc) is 2.30. The van der Waals surface area contributed by atoms with Crippen LogP contribution in [0.2, 0.25) is 5.28 Å². The summed E-state index contributed by atoms with van der Waals surface area (Å²) in [5, 5.41) is 3.64. The molecule has 1 aliphatic heterocycles. The molecule has 17 heavy (non-hydrogen) atoms. The number of halogens is 2. The van der Waals surface area contributed by atoms with E-state index in [0.717, 1.165) is 25.4 Å². The van der Waals surface area contributed by atoms with Gasteiger partial charge in [-0.25, -0.2) is 9.97 Å². The minimum absolute atomic E-state index is 0. The largest absolute Gasteiger partial charge is 0.375 e. The third-order valence-electron chi connectivity index (χ3n) is 2.69. The molecule has 0 saturated carbocycles. The molecule has 1 aromatic heterocycles. The van der Waals surface area contributed by atoms with Gasteiger partial charge in [0, 0.05) is 12.7 Å². The van der Waals surface area contributed by atoms with Crippen molar-refractivity contribution in [1.82, 2.24) is 15.3 Å². The van der Waals surface area contributed by atoms with Crippen LogP contribution in [0.5, 0.6) is 0 Å². The molecule has 1 aliphatic rings. The zero-order valence-corrected chi connectivity index (χ0v) is 11.1. The molecule has 1 fully saturated rings. The van der Waals surface area contributed by atoms with Crippen molar-refractivity contribution in [3.05, 3.63) is 23.2 Å². The zero-order valence-electron chi connectivity index (χ0n) is 9.56. The summed E-state index contributed by atoms with van der Waals surface area (Å²) in [6.07, 6.45) is 4.14. The predicted octanol–water partition coefficient (Wildman–Crippen LogP) is 2.07. The van der Waals surface area contributed by atoms with Crippen LogP contribution in [0.3, 0.4) is 0 Å². The first kappa shape index (κ1) is 14.6. The van der Waals surface area contributed by atoms with E-state index in [0.29, 0.717) is 12.5 Å². The Labute approximate surface area is 113 Å². The van der Waals surface area contributed by atoms with Crippen LogP contribution >= 0.6 is 24.0 Å². The topological polar surface area (TPSA) is 47.0 Å². The van der Waals surface area contributed by atoms with Gasteiger partial charge in [-0.05, 0) is 43.0 Å². The van der Waals surface area contributed by atoms with Gasteiger partial charge in [0.1, 0.15) is 0 Å². The van der Waals surface area contributed by atoms with Gasteiger partial charge in [0.25, 0.3) is 0 Å². The van der Waals surface area contributed by atoms with Crippen LogP contribution in [0.4, 0.5) is 0 Å². The Kier molecular flexibility index (Phi) is 6.73. The molecule has 0 bridgehead atoms. The normalized spacial score (nSPS) is 19.7. The number of hydrogen-bond donors (Lipinski definition) is 1. The van der Waals surface area contributed by atoms with Crippen molar-refractivity contribution in [1.29, 1.82) is 0 Å². The van der Waals surface area contributed by atoms with Gasteiger partial charge < -0.3 is 10.1 Å². The van der Waals surface area contributed by atoms with Gasteiger partial charge in [0.15, 0.2) is 0 Å². The van der Waals surface area contributed by atoms with E-state index in [2.05, 4.69) is 15.3 Å². The van der Waals surface area contributed by atoms with Crippen LogP contribution in [0, 0.1) is 5.92 Å². The van der Waals surface area contributed by atoms with Crippen LogP contribution < -0.4 is 5.32 Å². The van der Waals surface area contributed by atoms with Gasteiger partial charge in [0.05, 0.1) is 18.9 Å². The van der Waals surface area contributed by atoms with Crippen LogP contribution in [0.1, 0.15) is 18.5 Å². The molecule has 96 valence electrons. The molecule has 1 unspecified atom stereocenters. The van der Waals surface area contributed by atoms with Crippen molar-refractivity contribution in [2.45, 2.75) is 19.4 Å². The van der Waals surface area contributed by atoms with Gasteiger partial charge in [-0.15, -0.1) is 12.4 Å². The smallest absolute Gasteiger partial charge is 0.222 e. The minimum atomic E-state index is 0. The van der Waals surface area contributed by atoms with Crippen molar-refractivity contribution >= 4 is 24.0 Å². The lowest BCUT2D eigenvalue weighted by molar-refractivity contribution is 0.0763. The summed E-state index contributed by atoms with van der Waals surface area (Å²) in [7, 11) is 0. The number of rotatable bonds is 4. The Morgan fingerprint density at radius 3 is 3.12 bits per heavy atom. The second-order valence-electron chi connectivity index (χ2n) is 4.04. The molecule has 1 atom stereocenters. The maximum Gasteiger partial charge on any atom is 0.222 e. The first-order valence-electron chi connectivity index (χ1n) is 5.60. The quantitative estimate of drug-likeness (QED) is 0.856. The lowest BCUT2D eigenvalue weighted by atomic mass is 10.0. The number of piperidine rings is 1. The molecule has 0 aliphatic carbocycles. The highest BCUT2D eigenvalue weighted by Gasteiger charge is 2.12. The van der Waals surface area contributed by atoms with Crippen LogP contribution in [0.25, 0.3) is 0 Å². The van der Waals surface area contributed by atoms with E-state index in [4.69, 9.17) is 16.3 Å². The molecule has 2 heterocycles. The monoisotopic (exact) mass is 277 g/mol. The van der Waals surface area contributed by atoms with E-state index >= 15 is 0 Å². The summed E-state index contributed by atoms with van der Waals surface area (Å²) in [6.45, 7) is 3.50. The van der Waals surface area contributed by atoms with Crippen molar-refractivity contribution < 1.29 is 4.74 Å². The van der Waals surface area contributed by atoms with E-state index in [1.807, 2.05) is 6.07 Å². The SMILES string of the molecule is Cl.Clc1nccc(COCC2CCCNC2)n1. The molecule has 0 amide bonds. The van der Waals surface area contributed by atoms with E-state index in [1.165, 1.54) is 12.8 Å². The van der Waals surface area contributed by atoms with Gasteiger partial charge in [-0.3, -0.25) is 0 Å². The fourth-order valence-corrected chi connectivity index (χ4v) is 2.01. The van der Waals surface area contributed by atoms with Crippen molar-refractivity contribution in [3.63, 3.8) is 0 Å². The first-order valence-corrected chi connectivity index (χ1v) is 5.98. The Bertz CT molecular complexity index is 332. The first-order chi connectivity index (χ1) is 7.84. The molecule has 4 nitrogen and oxygen atoms in total. The molecule has 1 aromatic rings. The van der Waals surface area contributed by atoms with Crippen LogP contribution in [0.15, 0.2) is 12.3 Å². The highest BCUT2D eigenvalue weighted by Crippen LogP contribution is 2.11. The lowest BCUT2D eigenvalue weighted by Crippen LogP contribution is -2.32. The van der Waals surface area contributed by atoms with E-state index in [-0.39, 0.29) is 17.7 Å². The summed E-state index contributed by atoms with van der Waals surface area (Å²) >= 11 is 5.68. The molecular formula is C11H17Cl2N3O. The van der Waals surface area contributed by atoms with Gasteiger partial charge in [-0.2, -0.15) is 0 Å². The number of ether oxygens (including phenoxy) is 1. The molecule has 0 radical (unpaired) electrons. The molecular weight excluding hydrogens is 261 g/mol. The maximum atomic E-state index is 5.68. The molecule has 1 N–H and O–H groups in total. The van der Waals surface area contributed by atoms with E-state index < -0.39 is 0 Å². The zero-order chi connectivity index (χ0) is 11.2. The third-order valence-corrected chi connectivity index (χ3v) is 2.87. The summed E-state index contributed by atoms with van der Waals surface area (Å²) in [5.41, 5.74) is 0.837. The predicted molar refractivity (Wildman–Crippen MR) is 69.5 cm³/mol. The standard InChI is InChI=1S/C11H16ClN3O.ClH/c12-11-14-5-3-10(15-11)8-16-7-9-2-1-4-13-6-9;/h3,5,9,13H,1-2,4,6-8H2;1H. The highest BCUT2D eigenvalue weighted by molar-refractivity contribution is 6.28. The molecule has 6 heteroatoms. The summed E-state index contributed by atoms with van der Waals surface area (Å²) in [5.74, 6) is 0.631. The fraction of sp³-hybridized carbons (Fsp3) is 0.636. The Hall–Kier alpha value is -0.420. The summed E-state index contributed by atoms with van der Waals surface area (Å²) in [6, 6.07) is 1.82. The Morgan fingerprint density at radius 2 is 2.41 bits per heavy atom. The minimum Gasteiger partial charge on any atom is -0.375 e. The average molecular weight is 278 g/mol. The van der Waals surface area contributed by atoms with Crippen molar-refractivity contribution in [2.24, 2.45) is 5.92 Å². The Balaban J connectivity index is 0.00000144. The van der Waals surface area contributed by atoms with Gasteiger partial charge in [-0.1, -0.05) is 0 Å². The lowest BCUT2D eigenvalue weighted by Gasteiger charge is -2.22. The van der Waals surface area contributed by atoms with Gasteiger partial charge in [0.2, 0.25) is 5.28 Å². The van der Waals surface area contributed by atoms with Crippen LogP contribution in [-0.2, 0) is 11.3 Å². The fourth-order valence-electron chi connectivity index (χ4n) is 1.85. The molecule has 1 saturated heterocycles. The summed E-state index contributed by atoms with van der Waals surface area (Å²) in [4.78, 5) is 7.90. The van der Waals surface area contributed by atoms with Crippen LogP contribution in [-0.4, -0.2) is 29.7 Å². The van der Waals surface area contributed by atoms with E-state index in [9.17, 15) is 0 Å². The molecule has 0 spiro atoms. The van der Waals surface area contributed by atoms with E-state index in [1.54, 1.807) is 6.20 Å². The van der Waals surface area contributed by atoms with Crippen molar-refractivity contribution in [3.8, 4) is 0 Å². The Morgan fingerprint density at radius 1 is 1.53 bits per heavy atom. The number of nitrogens with zero attached hydrogens (tertiary/aromatic N) is 2. The second-order valence-corrected chi connectivity index (χ2v) is 4.38. The molecule has 0 aromatic carbocycles. The highest BCUT2D eigenvalue weighted by atomic mass is 35.5. The second kappa shape index (κ2) is 7.82. The molecule has 2 rings (SSSR count). The van der Waals surface area contributed by atoms with Crippen molar-refractivity contribution in [2.75, 3.05) is 19.7 Å².